The van der Waals surface area contributed by atoms with Gasteiger partial charge in [0.25, 0.3) is 5.91 Å². The maximum Gasteiger partial charge on any atom is 0.274 e. The van der Waals surface area contributed by atoms with Gasteiger partial charge in [0.05, 0.1) is 11.4 Å². The Morgan fingerprint density at radius 2 is 2.32 bits per heavy atom. The molecule has 0 fully saturated rings. The zero-order valence-corrected chi connectivity index (χ0v) is 10.5. The third kappa shape index (κ3) is 2.90. The van der Waals surface area contributed by atoms with Crippen molar-refractivity contribution in [3.63, 3.8) is 0 Å². The zero-order valence-electron chi connectivity index (χ0n) is 10.5. The van der Waals surface area contributed by atoms with E-state index in [4.69, 9.17) is 5.73 Å². The number of nitrogens with two attached hydrogens (primary N) is 1. The molecule has 0 atom stereocenters. The van der Waals surface area contributed by atoms with Gasteiger partial charge in [0.15, 0.2) is 5.69 Å². The van der Waals surface area contributed by atoms with E-state index < -0.39 is 0 Å². The van der Waals surface area contributed by atoms with Gasteiger partial charge in [0.2, 0.25) is 0 Å². The molecule has 0 radical (unpaired) electrons. The highest BCUT2D eigenvalue weighted by molar-refractivity contribution is 5.97. The Morgan fingerprint density at radius 1 is 1.53 bits per heavy atom. The van der Waals surface area contributed by atoms with Crippen LogP contribution in [-0.4, -0.2) is 16.1 Å². The Balaban J connectivity index is 2.03. The van der Waals surface area contributed by atoms with Gasteiger partial charge < -0.3 is 11.1 Å². The van der Waals surface area contributed by atoms with Crippen molar-refractivity contribution in [2.24, 2.45) is 0 Å². The SMILES string of the molecule is CCc1[nH]nc(C(=O)NCc2cccc(F)c2)c1N. The normalized spacial score (nSPS) is 10.4. The van der Waals surface area contributed by atoms with Gasteiger partial charge in [-0.1, -0.05) is 19.1 Å². The molecule has 6 heteroatoms. The molecule has 0 aliphatic rings. The number of aromatic nitrogens is 2. The second kappa shape index (κ2) is 5.51. The number of nitrogen functional groups attached to an aromatic ring is 1. The number of anilines is 1. The molecule has 1 heterocycles. The predicted molar refractivity (Wildman–Crippen MR) is 69.9 cm³/mol. The summed E-state index contributed by atoms with van der Waals surface area (Å²) < 4.78 is 13.0. The second-order valence-electron chi connectivity index (χ2n) is 4.13. The summed E-state index contributed by atoms with van der Waals surface area (Å²) in [6, 6.07) is 6.04. The fourth-order valence-corrected chi connectivity index (χ4v) is 1.74. The van der Waals surface area contributed by atoms with Crippen LogP contribution in [0.5, 0.6) is 0 Å². The number of nitrogens with one attached hydrogen (secondary N) is 2. The second-order valence-corrected chi connectivity index (χ2v) is 4.13. The monoisotopic (exact) mass is 262 g/mol. The van der Waals surface area contributed by atoms with Gasteiger partial charge in [-0.05, 0) is 24.1 Å². The Hall–Kier alpha value is -2.37. The number of amides is 1. The molecule has 4 N–H and O–H groups in total. The summed E-state index contributed by atoms with van der Waals surface area (Å²) in [5.41, 5.74) is 7.74. The van der Waals surface area contributed by atoms with E-state index in [0.717, 1.165) is 5.69 Å². The summed E-state index contributed by atoms with van der Waals surface area (Å²) in [6.07, 6.45) is 0.677. The summed E-state index contributed by atoms with van der Waals surface area (Å²) in [6.45, 7) is 2.14. The van der Waals surface area contributed by atoms with Gasteiger partial charge in [-0.25, -0.2) is 4.39 Å². The number of nitrogens with zero attached hydrogens (tertiary/aromatic N) is 1. The van der Waals surface area contributed by atoms with Gasteiger partial charge in [0, 0.05) is 6.54 Å². The van der Waals surface area contributed by atoms with E-state index in [2.05, 4.69) is 15.5 Å². The van der Waals surface area contributed by atoms with Crippen molar-refractivity contribution in [3.8, 4) is 0 Å². The average Bonchev–Trinajstić information content (AvgIpc) is 2.77. The number of rotatable bonds is 4. The number of hydrogen-bond donors (Lipinski definition) is 3. The minimum atomic E-state index is -0.377. The van der Waals surface area contributed by atoms with Crippen LogP contribution in [0.15, 0.2) is 24.3 Å². The van der Waals surface area contributed by atoms with Crippen LogP contribution in [0.4, 0.5) is 10.1 Å². The molecule has 0 spiro atoms. The van der Waals surface area contributed by atoms with Crippen LogP contribution >= 0.6 is 0 Å². The van der Waals surface area contributed by atoms with E-state index in [1.54, 1.807) is 12.1 Å². The number of hydrogen-bond acceptors (Lipinski definition) is 3. The third-order valence-corrected chi connectivity index (χ3v) is 2.79. The molecule has 0 saturated heterocycles. The summed E-state index contributed by atoms with van der Waals surface area (Å²) in [5, 5.41) is 9.25. The first kappa shape index (κ1) is 13.1. The number of aryl methyl sites for hydroxylation is 1. The first-order valence-corrected chi connectivity index (χ1v) is 5.97. The van der Waals surface area contributed by atoms with Crippen LogP contribution in [0.2, 0.25) is 0 Å². The number of carbonyl (C=O) groups excluding carboxylic acids is 1. The summed E-state index contributed by atoms with van der Waals surface area (Å²) in [5.74, 6) is -0.711. The van der Waals surface area contributed by atoms with Crippen molar-refractivity contribution in [2.75, 3.05) is 5.73 Å². The predicted octanol–water partition coefficient (Wildman–Crippen LogP) is 1.62. The summed E-state index contributed by atoms with van der Waals surface area (Å²) >= 11 is 0. The minimum Gasteiger partial charge on any atom is -0.395 e. The number of halogens is 1. The molecular formula is C13H15FN4O. The van der Waals surface area contributed by atoms with Gasteiger partial charge >= 0.3 is 0 Å². The van der Waals surface area contributed by atoms with Crippen molar-refractivity contribution >= 4 is 11.6 Å². The lowest BCUT2D eigenvalue weighted by Gasteiger charge is -2.04. The maximum absolute atomic E-state index is 13.0. The number of aromatic amines is 1. The third-order valence-electron chi connectivity index (χ3n) is 2.79. The van der Waals surface area contributed by atoms with Crippen LogP contribution in [-0.2, 0) is 13.0 Å². The first-order chi connectivity index (χ1) is 9.11. The molecule has 0 aliphatic carbocycles. The van der Waals surface area contributed by atoms with Crippen LogP contribution < -0.4 is 11.1 Å². The van der Waals surface area contributed by atoms with E-state index in [9.17, 15) is 9.18 Å². The van der Waals surface area contributed by atoms with E-state index in [0.29, 0.717) is 17.7 Å². The van der Waals surface area contributed by atoms with Crippen molar-refractivity contribution in [3.05, 3.63) is 47.0 Å². The number of benzene rings is 1. The van der Waals surface area contributed by atoms with E-state index in [1.165, 1.54) is 12.1 Å². The standard InChI is InChI=1S/C13H15FN4O/c1-2-10-11(15)12(18-17-10)13(19)16-7-8-4-3-5-9(14)6-8/h3-6H,2,7,15H2,1H3,(H,16,19)(H,17,18). The Morgan fingerprint density at radius 3 is 2.95 bits per heavy atom. The van der Waals surface area contributed by atoms with Crippen LogP contribution in [0.1, 0.15) is 28.7 Å². The lowest BCUT2D eigenvalue weighted by Crippen LogP contribution is -2.24. The number of H-pyrrole nitrogens is 1. The van der Waals surface area contributed by atoms with Crippen molar-refractivity contribution in [1.29, 1.82) is 0 Å². The highest BCUT2D eigenvalue weighted by atomic mass is 19.1. The van der Waals surface area contributed by atoms with E-state index in [-0.39, 0.29) is 24.0 Å². The smallest absolute Gasteiger partial charge is 0.274 e. The highest BCUT2D eigenvalue weighted by Crippen LogP contribution is 2.14. The highest BCUT2D eigenvalue weighted by Gasteiger charge is 2.15. The van der Waals surface area contributed by atoms with Crippen LogP contribution in [0, 0.1) is 5.82 Å². The lowest BCUT2D eigenvalue weighted by atomic mass is 10.2. The summed E-state index contributed by atoms with van der Waals surface area (Å²) in [7, 11) is 0. The van der Waals surface area contributed by atoms with Crippen LogP contribution in [0.25, 0.3) is 0 Å². The van der Waals surface area contributed by atoms with Crippen LogP contribution in [0.3, 0.4) is 0 Å². The average molecular weight is 262 g/mol. The molecule has 1 aromatic carbocycles. The van der Waals surface area contributed by atoms with E-state index >= 15 is 0 Å². The molecule has 100 valence electrons. The van der Waals surface area contributed by atoms with Gasteiger partial charge in [0.1, 0.15) is 5.82 Å². The molecule has 1 amide bonds. The molecule has 0 bridgehead atoms. The van der Waals surface area contributed by atoms with Crippen molar-refractivity contribution < 1.29 is 9.18 Å². The maximum atomic E-state index is 13.0. The van der Waals surface area contributed by atoms with Gasteiger partial charge in [-0.3, -0.25) is 9.89 Å². The van der Waals surface area contributed by atoms with Crippen molar-refractivity contribution in [1.82, 2.24) is 15.5 Å². The molecule has 0 aliphatic heterocycles. The Labute approximate surface area is 110 Å². The zero-order chi connectivity index (χ0) is 13.8. The van der Waals surface area contributed by atoms with Gasteiger partial charge in [-0.2, -0.15) is 5.10 Å². The fraction of sp³-hybridized carbons (Fsp3) is 0.231. The fourth-order valence-electron chi connectivity index (χ4n) is 1.74. The molecule has 5 nitrogen and oxygen atoms in total. The Kier molecular flexibility index (Phi) is 3.79. The largest absolute Gasteiger partial charge is 0.395 e. The molecule has 0 unspecified atom stereocenters. The molecular weight excluding hydrogens is 247 g/mol. The lowest BCUT2D eigenvalue weighted by molar-refractivity contribution is 0.0946. The minimum absolute atomic E-state index is 0.174. The van der Waals surface area contributed by atoms with E-state index in [1.807, 2.05) is 6.92 Å². The first-order valence-electron chi connectivity index (χ1n) is 5.97. The van der Waals surface area contributed by atoms with Gasteiger partial charge in [-0.15, -0.1) is 0 Å². The quantitative estimate of drug-likeness (QED) is 0.783. The summed E-state index contributed by atoms with van der Waals surface area (Å²) in [4.78, 5) is 11.9. The molecule has 2 rings (SSSR count). The van der Waals surface area contributed by atoms with Crippen molar-refractivity contribution in [2.45, 2.75) is 19.9 Å². The Bertz CT molecular complexity index is 594. The molecule has 19 heavy (non-hydrogen) atoms. The topological polar surface area (TPSA) is 83.8 Å². The molecule has 0 saturated carbocycles. The molecule has 2 aromatic rings. The number of carbonyl (C=O) groups is 1. The molecule has 1 aromatic heterocycles.